The maximum absolute atomic E-state index is 12.3. The molecule has 0 radical (unpaired) electrons. The van der Waals surface area contributed by atoms with Gasteiger partial charge in [0.05, 0.1) is 4.75 Å². The average Bonchev–Trinajstić information content (AvgIpc) is 2.89. The molecule has 0 amide bonds. The number of nitrogens with zero attached hydrogens (tertiary/aromatic N) is 3. The SMILES string of the molecule is CCC1(CC)CN(c2nc(COC)ns2)CCS1=O. The quantitative estimate of drug-likeness (QED) is 0.830. The lowest BCUT2D eigenvalue weighted by molar-refractivity contribution is 0.179. The van der Waals surface area contributed by atoms with Gasteiger partial charge in [-0.05, 0) is 12.8 Å². The zero-order valence-corrected chi connectivity index (χ0v) is 13.4. The van der Waals surface area contributed by atoms with Gasteiger partial charge in [-0.15, -0.1) is 0 Å². The summed E-state index contributed by atoms with van der Waals surface area (Å²) in [7, 11) is 0.905. The topological polar surface area (TPSA) is 55.3 Å². The maximum Gasteiger partial charge on any atom is 0.205 e. The van der Waals surface area contributed by atoms with Crippen LogP contribution < -0.4 is 4.90 Å². The monoisotopic (exact) mass is 303 g/mol. The van der Waals surface area contributed by atoms with Gasteiger partial charge < -0.3 is 9.64 Å². The number of anilines is 1. The molecule has 2 rings (SSSR count). The third-order valence-corrected chi connectivity index (χ3v) is 6.84. The van der Waals surface area contributed by atoms with Gasteiger partial charge in [0.1, 0.15) is 6.61 Å². The third kappa shape index (κ3) is 2.98. The summed E-state index contributed by atoms with van der Waals surface area (Å²) in [5, 5.41) is 0.926. The van der Waals surface area contributed by atoms with E-state index < -0.39 is 10.8 Å². The Kier molecular flexibility index (Phi) is 4.92. The van der Waals surface area contributed by atoms with E-state index >= 15 is 0 Å². The minimum absolute atomic E-state index is 0.0919. The lowest BCUT2D eigenvalue weighted by Gasteiger charge is -2.40. The summed E-state index contributed by atoms with van der Waals surface area (Å²) in [6, 6.07) is 0. The van der Waals surface area contributed by atoms with Crippen molar-refractivity contribution >= 4 is 27.5 Å². The van der Waals surface area contributed by atoms with Crippen LogP contribution in [-0.2, 0) is 22.1 Å². The van der Waals surface area contributed by atoms with Gasteiger partial charge >= 0.3 is 0 Å². The molecule has 1 aliphatic heterocycles. The van der Waals surface area contributed by atoms with E-state index in [0.29, 0.717) is 6.61 Å². The van der Waals surface area contributed by atoms with Crippen LogP contribution in [0, 0.1) is 0 Å². The van der Waals surface area contributed by atoms with Crippen molar-refractivity contribution in [3.8, 4) is 0 Å². The van der Waals surface area contributed by atoms with E-state index in [0.717, 1.165) is 42.6 Å². The Morgan fingerprint density at radius 3 is 2.84 bits per heavy atom. The molecule has 0 saturated carbocycles. The molecule has 0 N–H and O–H groups in total. The minimum atomic E-state index is -0.738. The van der Waals surface area contributed by atoms with E-state index in [-0.39, 0.29) is 4.75 Å². The normalized spacial score (nSPS) is 22.7. The first-order valence-corrected chi connectivity index (χ1v) is 8.69. The second-order valence-corrected chi connectivity index (χ2v) is 7.48. The lowest BCUT2D eigenvalue weighted by Crippen LogP contribution is -2.53. The van der Waals surface area contributed by atoms with Crippen LogP contribution in [0.2, 0.25) is 0 Å². The predicted molar refractivity (Wildman–Crippen MR) is 79.2 cm³/mol. The van der Waals surface area contributed by atoms with E-state index in [4.69, 9.17) is 4.74 Å². The highest BCUT2D eigenvalue weighted by molar-refractivity contribution is 7.86. The minimum Gasteiger partial charge on any atom is -0.377 e. The second kappa shape index (κ2) is 6.28. The van der Waals surface area contributed by atoms with Crippen molar-refractivity contribution in [1.82, 2.24) is 9.36 Å². The number of hydrogen-bond donors (Lipinski definition) is 0. The molecular weight excluding hydrogens is 282 g/mol. The summed E-state index contributed by atoms with van der Waals surface area (Å²) in [5.41, 5.74) is 0. The molecule has 0 aromatic carbocycles. The molecule has 1 saturated heterocycles. The van der Waals surface area contributed by atoms with Crippen LogP contribution in [0.15, 0.2) is 0 Å². The van der Waals surface area contributed by atoms with Crippen LogP contribution in [0.1, 0.15) is 32.5 Å². The van der Waals surface area contributed by atoms with Crippen LogP contribution in [0.25, 0.3) is 0 Å². The maximum atomic E-state index is 12.3. The molecule has 2 heterocycles. The van der Waals surface area contributed by atoms with Crippen LogP contribution in [-0.4, -0.2) is 44.3 Å². The Morgan fingerprint density at radius 2 is 2.21 bits per heavy atom. The number of methoxy groups -OCH3 is 1. The van der Waals surface area contributed by atoms with Gasteiger partial charge in [-0.3, -0.25) is 4.21 Å². The molecule has 0 aliphatic carbocycles. The summed E-state index contributed by atoms with van der Waals surface area (Å²) in [6.07, 6.45) is 1.88. The van der Waals surface area contributed by atoms with Crippen LogP contribution in [0.4, 0.5) is 5.13 Å². The Bertz CT molecular complexity index is 446. The lowest BCUT2D eigenvalue weighted by atomic mass is 10.0. The zero-order valence-electron chi connectivity index (χ0n) is 11.7. The van der Waals surface area contributed by atoms with Gasteiger partial charge in [0, 0.05) is 48.3 Å². The smallest absolute Gasteiger partial charge is 0.205 e. The fraction of sp³-hybridized carbons (Fsp3) is 0.833. The Balaban J connectivity index is 2.14. The van der Waals surface area contributed by atoms with Crippen molar-refractivity contribution in [3.05, 3.63) is 5.82 Å². The number of aromatic nitrogens is 2. The van der Waals surface area contributed by atoms with Crippen molar-refractivity contribution in [2.45, 2.75) is 38.0 Å². The van der Waals surface area contributed by atoms with Crippen molar-refractivity contribution in [2.75, 3.05) is 30.9 Å². The largest absolute Gasteiger partial charge is 0.377 e. The molecule has 1 aromatic heterocycles. The molecule has 1 aliphatic rings. The highest BCUT2D eigenvalue weighted by Crippen LogP contribution is 2.31. The standard InChI is InChI=1S/C12H21N3O2S2/c1-4-12(5-2)9-15(6-7-19(12)16)11-13-10(8-17-3)14-18-11/h4-9H2,1-3H3. The molecule has 1 aromatic rings. The number of rotatable bonds is 5. The first-order chi connectivity index (χ1) is 9.15. The van der Waals surface area contributed by atoms with Gasteiger partial charge in [0.2, 0.25) is 5.13 Å². The molecular formula is C12H21N3O2S2. The summed E-state index contributed by atoms with van der Waals surface area (Å²) >= 11 is 1.40. The fourth-order valence-corrected chi connectivity index (χ4v) is 4.89. The molecule has 19 heavy (non-hydrogen) atoms. The molecule has 0 spiro atoms. The van der Waals surface area contributed by atoms with E-state index in [1.807, 2.05) is 0 Å². The summed E-state index contributed by atoms with van der Waals surface area (Å²) < 4.78 is 21.5. The van der Waals surface area contributed by atoms with Gasteiger partial charge in [-0.2, -0.15) is 4.37 Å². The van der Waals surface area contributed by atoms with Gasteiger partial charge in [0.25, 0.3) is 0 Å². The summed E-state index contributed by atoms with van der Waals surface area (Å²) in [6.45, 7) is 6.32. The molecule has 1 atom stereocenters. The summed E-state index contributed by atoms with van der Waals surface area (Å²) in [5.74, 6) is 1.45. The first-order valence-electron chi connectivity index (χ1n) is 6.60. The molecule has 108 valence electrons. The fourth-order valence-electron chi connectivity index (χ4n) is 2.43. The van der Waals surface area contributed by atoms with Crippen molar-refractivity contribution in [2.24, 2.45) is 0 Å². The Hall–Kier alpha value is -0.530. The van der Waals surface area contributed by atoms with E-state index in [9.17, 15) is 4.21 Å². The molecule has 1 fully saturated rings. The number of hydrogen-bond acceptors (Lipinski definition) is 6. The second-order valence-electron chi connectivity index (χ2n) is 4.79. The predicted octanol–water partition coefficient (Wildman–Crippen LogP) is 1.81. The Labute approximate surface area is 121 Å². The average molecular weight is 303 g/mol. The summed E-state index contributed by atoms with van der Waals surface area (Å²) in [4.78, 5) is 6.72. The van der Waals surface area contributed by atoms with E-state index in [1.165, 1.54) is 11.5 Å². The van der Waals surface area contributed by atoms with Crippen molar-refractivity contribution in [3.63, 3.8) is 0 Å². The highest BCUT2D eigenvalue weighted by Gasteiger charge is 2.39. The van der Waals surface area contributed by atoms with Gasteiger partial charge in [-0.1, -0.05) is 13.8 Å². The van der Waals surface area contributed by atoms with Crippen LogP contribution in [0.5, 0.6) is 0 Å². The zero-order chi connectivity index (χ0) is 13.9. The Morgan fingerprint density at radius 1 is 1.47 bits per heavy atom. The van der Waals surface area contributed by atoms with Crippen LogP contribution >= 0.6 is 11.5 Å². The molecule has 5 nitrogen and oxygen atoms in total. The third-order valence-electron chi connectivity index (χ3n) is 3.80. The van der Waals surface area contributed by atoms with E-state index in [1.54, 1.807) is 7.11 Å². The molecule has 7 heteroatoms. The number of ether oxygens (including phenoxy) is 1. The highest BCUT2D eigenvalue weighted by atomic mass is 32.2. The van der Waals surface area contributed by atoms with Gasteiger partial charge in [0.15, 0.2) is 5.82 Å². The van der Waals surface area contributed by atoms with Crippen molar-refractivity contribution < 1.29 is 8.95 Å². The van der Waals surface area contributed by atoms with E-state index in [2.05, 4.69) is 28.1 Å². The van der Waals surface area contributed by atoms with Gasteiger partial charge in [-0.25, -0.2) is 4.98 Å². The molecule has 1 unspecified atom stereocenters. The van der Waals surface area contributed by atoms with Crippen molar-refractivity contribution in [1.29, 1.82) is 0 Å². The van der Waals surface area contributed by atoms with Crippen LogP contribution in [0.3, 0.4) is 0 Å². The molecule has 0 bridgehead atoms. The first kappa shape index (κ1) is 14.9.